The predicted octanol–water partition coefficient (Wildman–Crippen LogP) is 3.53. The van der Waals surface area contributed by atoms with Crippen molar-refractivity contribution in [2.75, 3.05) is 0 Å². The van der Waals surface area contributed by atoms with Crippen LogP contribution < -0.4 is 10.5 Å². The predicted molar refractivity (Wildman–Crippen MR) is 72.4 cm³/mol. The van der Waals surface area contributed by atoms with Gasteiger partial charge in [0.2, 0.25) is 5.88 Å². The van der Waals surface area contributed by atoms with Gasteiger partial charge >= 0.3 is 0 Å². The average molecular weight is 286 g/mol. The topological polar surface area (TPSA) is 63.9 Å². The molecule has 0 bridgehead atoms. The molecule has 0 aliphatic heterocycles. The minimum Gasteiger partial charge on any atom is -0.439 e. The first-order valence-electron chi connectivity index (χ1n) is 5.54. The molecule has 0 aliphatic rings. The Bertz CT molecular complexity index is 534. The molecule has 0 radical (unpaired) electrons. The van der Waals surface area contributed by atoms with E-state index in [1.165, 1.54) is 0 Å². The summed E-state index contributed by atoms with van der Waals surface area (Å²) in [4.78, 5) is 0. The van der Waals surface area contributed by atoms with Crippen LogP contribution in [0, 0.1) is 0 Å². The molecule has 1 aromatic heterocycles. The Kier molecular flexibility index (Phi) is 4.11. The summed E-state index contributed by atoms with van der Waals surface area (Å²) in [5.74, 6) is 1.14. The molecule has 0 amide bonds. The third kappa shape index (κ3) is 2.77. The van der Waals surface area contributed by atoms with E-state index in [9.17, 15) is 0 Å². The molecule has 0 saturated carbocycles. The van der Waals surface area contributed by atoms with Crippen molar-refractivity contribution in [3.8, 4) is 11.6 Å². The normalized spacial score (nSPS) is 10.7. The molecule has 3 N–H and O–H groups in total. The second kappa shape index (κ2) is 5.61. The lowest BCUT2D eigenvalue weighted by Gasteiger charge is -2.06. The molecular weight excluding hydrogens is 273 g/mol. The van der Waals surface area contributed by atoms with E-state index in [-0.39, 0.29) is 0 Å². The van der Waals surface area contributed by atoms with E-state index in [1.54, 1.807) is 18.2 Å². The summed E-state index contributed by atoms with van der Waals surface area (Å²) in [6.45, 7) is 2.39. The number of H-pyrrole nitrogens is 1. The first-order chi connectivity index (χ1) is 8.63. The van der Waals surface area contributed by atoms with Crippen LogP contribution in [0.2, 0.25) is 10.0 Å². The van der Waals surface area contributed by atoms with Crippen LogP contribution in [0.15, 0.2) is 18.2 Å². The Balaban J connectivity index is 2.30. The van der Waals surface area contributed by atoms with E-state index in [0.717, 1.165) is 17.7 Å². The maximum Gasteiger partial charge on any atom is 0.218 e. The molecule has 0 spiro atoms. The standard InChI is InChI=1S/C12H13Cl2N3O/c1-2-10-11(6-15)16-17-12(10)18-9-4-7(13)3-8(14)5-9/h3-5H,2,6,15H2,1H3,(H,16,17). The van der Waals surface area contributed by atoms with Crippen LogP contribution in [0.5, 0.6) is 11.6 Å². The number of halogens is 2. The van der Waals surface area contributed by atoms with Gasteiger partial charge in [0, 0.05) is 22.2 Å². The van der Waals surface area contributed by atoms with E-state index in [2.05, 4.69) is 10.2 Å². The van der Waals surface area contributed by atoms with E-state index in [4.69, 9.17) is 33.7 Å². The van der Waals surface area contributed by atoms with Crippen molar-refractivity contribution in [2.24, 2.45) is 5.73 Å². The monoisotopic (exact) mass is 285 g/mol. The summed E-state index contributed by atoms with van der Waals surface area (Å²) >= 11 is 11.8. The van der Waals surface area contributed by atoms with Gasteiger partial charge in [0.05, 0.1) is 5.69 Å². The van der Waals surface area contributed by atoms with Gasteiger partial charge in [-0.05, 0) is 24.6 Å². The molecule has 0 unspecified atom stereocenters. The molecule has 2 rings (SSSR count). The van der Waals surface area contributed by atoms with E-state index in [0.29, 0.717) is 28.2 Å². The van der Waals surface area contributed by atoms with Crippen LogP contribution in [0.4, 0.5) is 0 Å². The number of rotatable bonds is 4. The summed E-state index contributed by atoms with van der Waals surface area (Å²) in [5.41, 5.74) is 7.37. The van der Waals surface area contributed by atoms with E-state index in [1.807, 2.05) is 6.92 Å². The zero-order valence-corrected chi connectivity index (χ0v) is 11.3. The second-order valence-corrected chi connectivity index (χ2v) is 4.62. The molecule has 18 heavy (non-hydrogen) atoms. The lowest BCUT2D eigenvalue weighted by Crippen LogP contribution is -2.00. The van der Waals surface area contributed by atoms with Gasteiger partial charge < -0.3 is 10.5 Å². The lowest BCUT2D eigenvalue weighted by molar-refractivity contribution is 0.456. The average Bonchev–Trinajstić information content (AvgIpc) is 2.69. The van der Waals surface area contributed by atoms with E-state index < -0.39 is 0 Å². The Morgan fingerprint density at radius 1 is 1.28 bits per heavy atom. The van der Waals surface area contributed by atoms with Gasteiger partial charge in [0.1, 0.15) is 5.75 Å². The number of ether oxygens (including phenoxy) is 1. The van der Waals surface area contributed by atoms with Gasteiger partial charge in [-0.3, -0.25) is 0 Å². The highest BCUT2D eigenvalue weighted by Gasteiger charge is 2.12. The van der Waals surface area contributed by atoms with Crippen molar-refractivity contribution in [1.82, 2.24) is 10.2 Å². The number of benzene rings is 1. The Hall–Kier alpha value is -1.23. The number of nitrogens with two attached hydrogens (primary N) is 1. The summed E-state index contributed by atoms with van der Waals surface area (Å²) in [6.07, 6.45) is 0.784. The zero-order valence-electron chi connectivity index (χ0n) is 9.84. The minimum absolute atomic E-state index is 0.374. The zero-order chi connectivity index (χ0) is 13.1. The number of nitrogens with zero attached hydrogens (tertiary/aromatic N) is 1. The first-order valence-corrected chi connectivity index (χ1v) is 6.29. The summed E-state index contributed by atoms with van der Waals surface area (Å²) in [7, 11) is 0. The third-order valence-electron chi connectivity index (χ3n) is 2.52. The Labute approximate surface area is 115 Å². The summed E-state index contributed by atoms with van der Waals surface area (Å²) in [5, 5.41) is 7.98. The highest BCUT2D eigenvalue weighted by atomic mass is 35.5. The van der Waals surface area contributed by atoms with E-state index >= 15 is 0 Å². The Morgan fingerprint density at radius 3 is 2.50 bits per heavy atom. The second-order valence-electron chi connectivity index (χ2n) is 3.74. The quantitative estimate of drug-likeness (QED) is 0.903. The molecule has 4 nitrogen and oxygen atoms in total. The maximum atomic E-state index is 5.91. The fraction of sp³-hybridized carbons (Fsp3) is 0.250. The van der Waals surface area contributed by atoms with Crippen molar-refractivity contribution >= 4 is 23.2 Å². The number of nitrogens with one attached hydrogen (secondary N) is 1. The molecular formula is C12H13Cl2N3O. The van der Waals surface area contributed by atoms with Gasteiger partial charge in [0.25, 0.3) is 0 Å². The summed E-state index contributed by atoms with van der Waals surface area (Å²) in [6, 6.07) is 5.03. The first kappa shape index (κ1) is 13.2. The Morgan fingerprint density at radius 2 is 1.94 bits per heavy atom. The smallest absolute Gasteiger partial charge is 0.218 e. The third-order valence-corrected chi connectivity index (χ3v) is 2.95. The summed E-state index contributed by atoms with van der Waals surface area (Å²) < 4.78 is 5.70. The van der Waals surface area contributed by atoms with Gasteiger partial charge in [-0.25, -0.2) is 5.10 Å². The molecule has 6 heteroatoms. The van der Waals surface area contributed by atoms with Gasteiger partial charge in [-0.15, -0.1) is 0 Å². The molecule has 1 aromatic carbocycles. The number of hydrogen-bond acceptors (Lipinski definition) is 3. The van der Waals surface area contributed by atoms with Crippen LogP contribution in [0.3, 0.4) is 0 Å². The van der Waals surface area contributed by atoms with Crippen LogP contribution in [0.25, 0.3) is 0 Å². The van der Waals surface area contributed by atoms with Crippen LogP contribution in [0.1, 0.15) is 18.2 Å². The molecule has 0 fully saturated rings. The van der Waals surface area contributed by atoms with Gasteiger partial charge in [-0.1, -0.05) is 30.1 Å². The van der Waals surface area contributed by atoms with Crippen molar-refractivity contribution in [3.63, 3.8) is 0 Å². The fourth-order valence-electron chi connectivity index (χ4n) is 1.71. The number of aromatic amines is 1. The highest BCUT2D eigenvalue weighted by Crippen LogP contribution is 2.30. The van der Waals surface area contributed by atoms with Gasteiger partial charge in [0.15, 0.2) is 0 Å². The highest BCUT2D eigenvalue weighted by molar-refractivity contribution is 6.34. The fourth-order valence-corrected chi connectivity index (χ4v) is 2.21. The molecule has 2 aromatic rings. The minimum atomic E-state index is 0.374. The molecule has 1 heterocycles. The maximum absolute atomic E-state index is 5.91. The van der Waals surface area contributed by atoms with Crippen LogP contribution in [-0.4, -0.2) is 10.2 Å². The van der Waals surface area contributed by atoms with Crippen molar-refractivity contribution in [3.05, 3.63) is 39.5 Å². The molecule has 0 atom stereocenters. The van der Waals surface area contributed by atoms with Gasteiger partial charge in [-0.2, -0.15) is 5.10 Å². The number of hydrogen-bond donors (Lipinski definition) is 2. The molecule has 0 aliphatic carbocycles. The molecule has 0 saturated heterocycles. The van der Waals surface area contributed by atoms with Crippen molar-refractivity contribution < 1.29 is 4.74 Å². The van der Waals surface area contributed by atoms with Crippen molar-refractivity contribution in [1.29, 1.82) is 0 Å². The molecule has 96 valence electrons. The largest absolute Gasteiger partial charge is 0.439 e. The SMILES string of the molecule is CCc1c(CN)n[nH]c1Oc1cc(Cl)cc(Cl)c1. The van der Waals surface area contributed by atoms with Crippen LogP contribution >= 0.6 is 23.2 Å². The number of aromatic nitrogens is 2. The lowest BCUT2D eigenvalue weighted by atomic mass is 10.2. The van der Waals surface area contributed by atoms with Crippen molar-refractivity contribution in [2.45, 2.75) is 19.9 Å². The van der Waals surface area contributed by atoms with Crippen LogP contribution in [-0.2, 0) is 13.0 Å².